The van der Waals surface area contributed by atoms with E-state index in [1.54, 1.807) is 12.3 Å². The number of benzene rings is 4. The third-order valence-electron chi connectivity index (χ3n) is 6.07. The Morgan fingerprint density at radius 1 is 0.606 bits per heavy atom. The lowest BCUT2D eigenvalue weighted by molar-refractivity contribution is 1.18. The van der Waals surface area contributed by atoms with Crippen LogP contribution < -0.4 is 0 Å². The molecule has 0 aliphatic carbocycles. The second-order valence-electron chi connectivity index (χ2n) is 8.04. The first-order valence-corrected chi connectivity index (χ1v) is 10.9. The number of rotatable bonds is 3. The van der Waals surface area contributed by atoms with Crippen molar-refractivity contribution in [2.45, 2.75) is 0 Å². The SMILES string of the molecule is N#Cc1ccnc(-c2ccc3c4ccc(-c5ccccc5)cc4n(-c4ccccc4)c3c2)c1. The first kappa shape index (κ1) is 19.0. The number of nitrogens with zero attached hydrogens (tertiary/aromatic N) is 3. The van der Waals surface area contributed by atoms with Gasteiger partial charge in [0, 0.05) is 28.2 Å². The van der Waals surface area contributed by atoms with Crippen LogP contribution in [0.15, 0.2) is 115 Å². The van der Waals surface area contributed by atoms with Crippen molar-refractivity contribution in [1.29, 1.82) is 5.26 Å². The molecule has 3 heteroatoms. The van der Waals surface area contributed by atoms with E-state index in [4.69, 9.17) is 0 Å². The largest absolute Gasteiger partial charge is 0.309 e. The maximum Gasteiger partial charge on any atom is 0.0992 e. The molecule has 0 N–H and O–H groups in total. The van der Waals surface area contributed by atoms with Crippen molar-refractivity contribution in [2.75, 3.05) is 0 Å². The van der Waals surface area contributed by atoms with Crippen LogP contribution in [0.3, 0.4) is 0 Å². The standard InChI is InChI=1S/C30H19N3/c31-20-21-15-16-32-28(17-21)24-12-14-27-26-13-11-23(22-7-3-1-4-8-22)18-29(26)33(30(27)19-24)25-9-5-2-6-10-25/h1-19H. The van der Waals surface area contributed by atoms with Crippen molar-refractivity contribution in [2.24, 2.45) is 0 Å². The predicted molar refractivity (Wildman–Crippen MR) is 134 cm³/mol. The van der Waals surface area contributed by atoms with Crippen LogP contribution in [0.4, 0.5) is 0 Å². The van der Waals surface area contributed by atoms with Gasteiger partial charge in [-0.05, 0) is 47.5 Å². The van der Waals surface area contributed by atoms with Crippen molar-refractivity contribution < 1.29 is 0 Å². The van der Waals surface area contributed by atoms with Crippen LogP contribution in [-0.4, -0.2) is 9.55 Å². The normalized spacial score (nSPS) is 11.0. The van der Waals surface area contributed by atoms with Crippen LogP contribution in [0.2, 0.25) is 0 Å². The molecule has 2 heterocycles. The third-order valence-corrected chi connectivity index (χ3v) is 6.07. The Kier molecular flexibility index (Phi) is 4.49. The summed E-state index contributed by atoms with van der Waals surface area (Å²) in [7, 11) is 0. The lowest BCUT2D eigenvalue weighted by atomic mass is 10.0. The molecule has 154 valence electrons. The van der Waals surface area contributed by atoms with Crippen LogP contribution in [0.1, 0.15) is 5.56 Å². The number of para-hydroxylation sites is 1. The van der Waals surface area contributed by atoms with Crippen LogP contribution in [0.5, 0.6) is 0 Å². The molecule has 3 nitrogen and oxygen atoms in total. The molecule has 0 radical (unpaired) electrons. The molecule has 0 bridgehead atoms. The van der Waals surface area contributed by atoms with Gasteiger partial charge >= 0.3 is 0 Å². The first-order chi connectivity index (χ1) is 16.3. The Hall–Kier alpha value is -4.68. The Bertz CT molecular complexity index is 1660. The second kappa shape index (κ2) is 7.78. The molecule has 0 amide bonds. The van der Waals surface area contributed by atoms with Gasteiger partial charge in [0.2, 0.25) is 0 Å². The van der Waals surface area contributed by atoms with Gasteiger partial charge in [0.05, 0.1) is 28.4 Å². The van der Waals surface area contributed by atoms with Crippen LogP contribution in [-0.2, 0) is 0 Å². The minimum atomic E-state index is 0.608. The quantitative estimate of drug-likeness (QED) is 0.299. The molecule has 0 unspecified atom stereocenters. The van der Waals surface area contributed by atoms with Gasteiger partial charge in [-0.1, -0.05) is 72.8 Å². The molecule has 0 saturated carbocycles. The molecular formula is C30H19N3. The average molecular weight is 422 g/mol. The minimum Gasteiger partial charge on any atom is -0.309 e. The van der Waals surface area contributed by atoms with Gasteiger partial charge in [0.25, 0.3) is 0 Å². The molecule has 6 aromatic rings. The highest BCUT2D eigenvalue weighted by atomic mass is 15.0. The molecule has 0 fully saturated rings. The van der Waals surface area contributed by atoms with Gasteiger partial charge < -0.3 is 4.57 Å². The summed E-state index contributed by atoms with van der Waals surface area (Å²) in [4.78, 5) is 4.51. The lowest BCUT2D eigenvalue weighted by Gasteiger charge is -2.09. The van der Waals surface area contributed by atoms with Gasteiger partial charge in [0.15, 0.2) is 0 Å². The van der Waals surface area contributed by atoms with E-state index in [0.717, 1.165) is 28.0 Å². The highest BCUT2D eigenvalue weighted by molar-refractivity contribution is 6.11. The van der Waals surface area contributed by atoms with E-state index in [2.05, 4.69) is 101 Å². The molecule has 0 saturated heterocycles. The molecule has 0 aliphatic rings. The Morgan fingerprint density at radius 3 is 1.94 bits per heavy atom. The maximum atomic E-state index is 9.31. The van der Waals surface area contributed by atoms with E-state index < -0.39 is 0 Å². The number of aromatic nitrogens is 2. The summed E-state index contributed by atoms with van der Waals surface area (Å²) in [6.07, 6.45) is 1.69. The van der Waals surface area contributed by atoms with E-state index in [1.165, 1.54) is 21.9 Å². The molecule has 6 rings (SSSR count). The van der Waals surface area contributed by atoms with Gasteiger partial charge in [-0.3, -0.25) is 4.98 Å². The highest BCUT2D eigenvalue weighted by Crippen LogP contribution is 2.36. The van der Waals surface area contributed by atoms with Crippen molar-refractivity contribution in [3.63, 3.8) is 0 Å². The summed E-state index contributed by atoms with van der Waals surface area (Å²) in [5, 5.41) is 11.7. The topological polar surface area (TPSA) is 41.6 Å². The summed E-state index contributed by atoms with van der Waals surface area (Å²) in [6, 6.07) is 39.8. The number of fused-ring (bicyclic) bond motifs is 3. The van der Waals surface area contributed by atoms with E-state index in [-0.39, 0.29) is 0 Å². The smallest absolute Gasteiger partial charge is 0.0992 e. The third kappa shape index (κ3) is 3.26. The number of hydrogen-bond donors (Lipinski definition) is 0. The van der Waals surface area contributed by atoms with E-state index in [1.807, 2.05) is 18.2 Å². The van der Waals surface area contributed by atoms with Crippen LogP contribution in [0, 0.1) is 11.3 Å². The zero-order valence-corrected chi connectivity index (χ0v) is 17.8. The van der Waals surface area contributed by atoms with E-state index in [0.29, 0.717) is 5.56 Å². The summed E-state index contributed by atoms with van der Waals surface area (Å²) < 4.78 is 2.31. The average Bonchev–Trinajstić information content (AvgIpc) is 3.22. The predicted octanol–water partition coefficient (Wildman–Crippen LogP) is 7.38. The fourth-order valence-electron chi connectivity index (χ4n) is 4.50. The number of pyridine rings is 1. The fraction of sp³-hybridized carbons (Fsp3) is 0. The second-order valence-corrected chi connectivity index (χ2v) is 8.04. The zero-order valence-electron chi connectivity index (χ0n) is 17.8. The van der Waals surface area contributed by atoms with Gasteiger partial charge in [0.1, 0.15) is 0 Å². The van der Waals surface area contributed by atoms with Crippen LogP contribution >= 0.6 is 0 Å². The Balaban J connectivity index is 1.66. The van der Waals surface area contributed by atoms with E-state index in [9.17, 15) is 5.26 Å². The van der Waals surface area contributed by atoms with Crippen molar-refractivity contribution in [3.8, 4) is 34.1 Å². The van der Waals surface area contributed by atoms with Crippen molar-refractivity contribution >= 4 is 21.8 Å². The van der Waals surface area contributed by atoms with Crippen molar-refractivity contribution in [1.82, 2.24) is 9.55 Å². The first-order valence-electron chi connectivity index (χ1n) is 10.9. The lowest BCUT2D eigenvalue weighted by Crippen LogP contribution is -1.94. The van der Waals surface area contributed by atoms with Gasteiger partial charge in [-0.25, -0.2) is 0 Å². The molecule has 0 aliphatic heterocycles. The van der Waals surface area contributed by atoms with Crippen LogP contribution in [0.25, 0.3) is 49.9 Å². The van der Waals surface area contributed by atoms with Crippen molar-refractivity contribution in [3.05, 3.63) is 121 Å². The maximum absolute atomic E-state index is 9.31. The number of nitriles is 1. The molecule has 2 aromatic heterocycles. The summed E-state index contributed by atoms with van der Waals surface area (Å²) >= 11 is 0. The monoisotopic (exact) mass is 421 g/mol. The summed E-state index contributed by atoms with van der Waals surface area (Å²) in [5.41, 5.74) is 8.16. The molecule has 33 heavy (non-hydrogen) atoms. The molecule has 4 aromatic carbocycles. The fourth-order valence-corrected chi connectivity index (χ4v) is 4.50. The Morgan fingerprint density at radius 2 is 1.24 bits per heavy atom. The molecule has 0 spiro atoms. The summed E-state index contributed by atoms with van der Waals surface area (Å²) in [5.74, 6) is 0. The zero-order chi connectivity index (χ0) is 22.2. The summed E-state index contributed by atoms with van der Waals surface area (Å²) in [6.45, 7) is 0. The number of hydrogen-bond acceptors (Lipinski definition) is 2. The highest BCUT2D eigenvalue weighted by Gasteiger charge is 2.15. The van der Waals surface area contributed by atoms with Gasteiger partial charge in [-0.2, -0.15) is 5.26 Å². The minimum absolute atomic E-state index is 0.608. The Labute approximate surface area is 191 Å². The molecule has 0 atom stereocenters. The molecular weight excluding hydrogens is 402 g/mol. The van der Waals surface area contributed by atoms with Gasteiger partial charge in [-0.15, -0.1) is 0 Å². The van der Waals surface area contributed by atoms with E-state index >= 15 is 0 Å².